The van der Waals surface area contributed by atoms with Crippen LogP contribution in [0.15, 0.2) is 70.6 Å². The van der Waals surface area contributed by atoms with E-state index >= 15 is 0 Å². The molecule has 29 heavy (non-hydrogen) atoms. The average molecular weight is 447 g/mol. The summed E-state index contributed by atoms with van der Waals surface area (Å²) < 4.78 is 17.7. The van der Waals surface area contributed by atoms with E-state index in [1.165, 1.54) is 11.8 Å². The van der Waals surface area contributed by atoms with Crippen molar-refractivity contribution < 1.29 is 13.7 Å². The third-order valence-electron chi connectivity index (χ3n) is 3.79. The molecule has 0 amide bonds. The minimum absolute atomic E-state index is 0.152. The van der Waals surface area contributed by atoms with Gasteiger partial charge in [0, 0.05) is 15.5 Å². The normalized spacial score (nSPS) is 11.8. The van der Waals surface area contributed by atoms with Crippen molar-refractivity contribution in [2.75, 3.05) is 12.4 Å². The summed E-state index contributed by atoms with van der Waals surface area (Å²) in [6.07, 6.45) is 0. The summed E-state index contributed by atoms with van der Waals surface area (Å²) in [4.78, 5) is 21.5. The summed E-state index contributed by atoms with van der Waals surface area (Å²) in [5, 5.41) is 1.23. The van der Waals surface area contributed by atoms with Crippen molar-refractivity contribution in [3.05, 3.63) is 71.4 Å². The van der Waals surface area contributed by atoms with Gasteiger partial charge in [-0.25, -0.2) is 9.97 Å². The van der Waals surface area contributed by atoms with Crippen molar-refractivity contribution in [2.24, 2.45) is 0 Å². The molecule has 5 nitrogen and oxygen atoms in total. The number of nitrogens with zero attached hydrogens (tertiary/aromatic N) is 2. The zero-order chi connectivity index (χ0) is 20.6. The highest BCUT2D eigenvalue weighted by molar-refractivity contribution is 7.99. The van der Waals surface area contributed by atoms with Crippen molar-refractivity contribution in [3.63, 3.8) is 0 Å². The largest absolute Gasteiger partial charge is 0.465 e. The average Bonchev–Trinajstić information content (AvgIpc) is 2.73. The van der Waals surface area contributed by atoms with Gasteiger partial charge in [0.2, 0.25) is 0 Å². The second-order valence-corrected chi connectivity index (χ2v) is 8.81. The number of benzene rings is 2. The topological polar surface area (TPSA) is 69.2 Å². The molecule has 3 aromatic rings. The molecular formula is C21H19ClN2O3S2. The van der Waals surface area contributed by atoms with E-state index in [0.717, 1.165) is 5.56 Å². The minimum Gasteiger partial charge on any atom is -0.465 e. The van der Waals surface area contributed by atoms with Crippen LogP contribution in [0.4, 0.5) is 0 Å². The van der Waals surface area contributed by atoms with E-state index in [4.69, 9.17) is 16.3 Å². The van der Waals surface area contributed by atoms with E-state index in [-0.39, 0.29) is 17.5 Å². The van der Waals surface area contributed by atoms with E-state index in [0.29, 0.717) is 33.1 Å². The third-order valence-corrected chi connectivity index (χ3v) is 6.28. The van der Waals surface area contributed by atoms with Gasteiger partial charge in [-0.2, -0.15) is 0 Å². The molecule has 0 saturated carbocycles. The highest BCUT2D eigenvalue weighted by atomic mass is 35.5. The Bertz CT molecular complexity index is 999. The first-order valence-electron chi connectivity index (χ1n) is 8.91. The smallest absolute Gasteiger partial charge is 0.316 e. The molecule has 2 aromatic carbocycles. The van der Waals surface area contributed by atoms with Crippen LogP contribution < -0.4 is 0 Å². The Morgan fingerprint density at radius 3 is 2.52 bits per heavy atom. The van der Waals surface area contributed by atoms with Crippen molar-refractivity contribution >= 4 is 40.1 Å². The molecule has 0 aliphatic heterocycles. The monoisotopic (exact) mass is 446 g/mol. The number of hydrogen-bond acceptors (Lipinski definition) is 6. The fraction of sp³-hybridized carbons (Fsp3) is 0.190. The van der Waals surface area contributed by atoms with Gasteiger partial charge < -0.3 is 4.74 Å². The van der Waals surface area contributed by atoms with Crippen LogP contribution in [-0.4, -0.2) is 32.5 Å². The maximum Gasteiger partial charge on any atom is 0.316 e. The number of aromatic nitrogens is 2. The van der Waals surface area contributed by atoms with Crippen molar-refractivity contribution in [2.45, 2.75) is 22.6 Å². The Morgan fingerprint density at radius 2 is 1.83 bits per heavy atom. The zero-order valence-corrected chi connectivity index (χ0v) is 18.1. The molecule has 150 valence electrons. The third kappa shape index (κ3) is 6.39. The van der Waals surface area contributed by atoms with Gasteiger partial charge in [-0.1, -0.05) is 53.7 Å². The number of carbonyl (C=O) groups excluding carboxylic acids is 1. The van der Waals surface area contributed by atoms with Crippen molar-refractivity contribution in [1.82, 2.24) is 9.97 Å². The molecule has 0 spiro atoms. The summed E-state index contributed by atoms with van der Waals surface area (Å²) in [5.74, 6) is 0.613. The lowest BCUT2D eigenvalue weighted by atomic mass is 10.2. The molecule has 1 heterocycles. The summed E-state index contributed by atoms with van der Waals surface area (Å²) >= 11 is 7.18. The van der Waals surface area contributed by atoms with Gasteiger partial charge in [-0.05, 0) is 37.3 Å². The Hall–Kier alpha value is -2.22. The summed E-state index contributed by atoms with van der Waals surface area (Å²) in [7, 11) is -1.28. The Labute approximate surface area is 181 Å². The van der Waals surface area contributed by atoms with Gasteiger partial charge in [-0.15, -0.1) is 0 Å². The number of thioether (sulfide) groups is 1. The van der Waals surface area contributed by atoms with E-state index in [2.05, 4.69) is 9.97 Å². The van der Waals surface area contributed by atoms with Crippen LogP contribution in [0.1, 0.15) is 12.6 Å². The lowest BCUT2D eigenvalue weighted by Gasteiger charge is -2.09. The molecule has 0 fully saturated rings. The van der Waals surface area contributed by atoms with Crippen LogP contribution in [-0.2, 0) is 26.1 Å². The number of carbonyl (C=O) groups is 1. The molecule has 8 heteroatoms. The van der Waals surface area contributed by atoms with Crippen LogP contribution in [0.5, 0.6) is 0 Å². The highest BCUT2D eigenvalue weighted by Gasteiger charge is 2.13. The molecule has 0 aliphatic rings. The first-order chi connectivity index (χ1) is 14.0. The second kappa shape index (κ2) is 10.5. The lowest BCUT2D eigenvalue weighted by Crippen LogP contribution is -2.07. The van der Waals surface area contributed by atoms with E-state index in [1.54, 1.807) is 37.3 Å². The molecule has 0 aliphatic carbocycles. The zero-order valence-electron chi connectivity index (χ0n) is 15.7. The Kier molecular flexibility index (Phi) is 7.80. The first kappa shape index (κ1) is 21.5. The molecule has 1 atom stereocenters. The lowest BCUT2D eigenvalue weighted by molar-refractivity contribution is -0.139. The van der Waals surface area contributed by atoms with Crippen LogP contribution in [0, 0.1) is 0 Å². The summed E-state index contributed by atoms with van der Waals surface area (Å²) in [5.41, 5.74) is 1.49. The van der Waals surface area contributed by atoms with Gasteiger partial charge in [0.05, 0.1) is 34.6 Å². The van der Waals surface area contributed by atoms with Crippen molar-refractivity contribution in [1.29, 1.82) is 0 Å². The van der Waals surface area contributed by atoms with Gasteiger partial charge in [0.1, 0.15) is 5.03 Å². The van der Waals surface area contributed by atoms with Gasteiger partial charge in [-0.3, -0.25) is 9.00 Å². The second-order valence-electron chi connectivity index (χ2n) is 5.92. The van der Waals surface area contributed by atoms with Gasteiger partial charge in [0.25, 0.3) is 0 Å². The predicted octanol–water partition coefficient (Wildman–Crippen LogP) is 4.76. The molecule has 1 aromatic heterocycles. The summed E-state index contributed by atoms with van der Waals surface area (Å²) in [6, 6.07) is 18.2. The minimum atomic E-state index is -1.28. The quantitative estimate of drug-likeness (QED) is 0.282. The Morgan fingerprint density at radius 1 is 1.10 bits per heavy atom. The molecule has 0 N–H and O–H groups in total. The number of hydrogen-bond donors (Lipinski definition) is 0. The molecule has 0 saturated heterocycles. The number of esters is 1. The highest BCUT2D eigenvalue weighted by Crippen LogP contribution is 2.23. The first-order valence-corrected chi connectivity index (χ1v) is 11.6. The van der Waals surface area contributed by atoms with Crippen LogP contribution in [0.2, 0.25) is 5.02 Å². The molecule has 0 radical (unpaired) electrons. The fourth-order valence-corrected chi connectivity index (χ4v) is 4.34. The van der Waals surface area contributed by atoms with Crippen molar-refractivity contribution in [3.8, 4) is 11.4 Å². The van der Waals surface area contributed by atoms with Gasteiger partial charge >= 0.3 is 5.97 Å². The van der Waals surface area contributed by atoms with Gasteiger partial charge in [0.15, 0.2) is 5.82 Å². The molecule has 0 bridgehead atoms. The van der Waals surface area contributed by atoms with Crippen LogP contribution in [0.3, 0.4) is 0 Å². The SMILES string of the molecule is CCOC(=O)CSc1cc(C[S@@](=O)c2ccc(Cl)cc2)nc(-c2ccccc2)n1. The molecular weight excluding hydrogens is 428 g/mol. The predicted molar refractivity (Wildman–Crippen MR) is 116 cm³/mol. The van der Waals surface area contributed by atoms with E-state index < -0.39 is 10.8 Å². The molecule has 3 rings (SSSR count). The maximum atomic E-state index is 12.8. The van der Waals surface area contributed by atoms with Crippen LogP contribution >= 0.6 is 23.4 Å². The number of rotatable bonds is 8. The summed E-state index contributed by atoms with van der Waals surface area (Å²) in [6.45, 7) is 2.11. The Balaban J connectivity index is 1.86. The number of halogens is 1. The number of ether oxygens (including phenoxy) is 1. The van der Waals surface area contributed by atoms with E-state index in [9.17, 15) is 9.00 Å². The fourth-order valence-electron chi connectivity index (χ4n) is 2.48. The van der Waals surface area contributed by atoms with Crippen LogP contribution in [0.25, 0.3) is 11.4 Å². The maximum absolute atomic E-state index is 12.8. The molecule has 0 unspecified atom stereocenters. The standard InChI is InChI=1S/C21H19ClN2O3S2/c1-2-27-20(25)13-28-19-12-17(14-29(26)18-10-8-16(22)9-11-18)23-21(24-19)15-6-4-3-5-7-15/h3-12H,2,13-14H2,1H3/t29-/m1/s1. The van der Waals surface area contributed by atoms with E-state index in [1.807, 2.05) is 30.3 Å².